The van der Waals surface area contributed by atoms with E-state index in [-0.39, 0.29) is 11.8 Å². The molecule has 0 radical (unpaired) electrons. The first kappa shape index (κ1) is 21.7. The molecule has 1 N–H and O–H groups in total. The summed E-state index contributed by atoms with van der Waals surface area (Å²) < 4.78 is 11.2. The number of rotatable bonds is 9. The summed E-state index contributed by atoms with van der Waals surface area (Å²) in [6.45, 7) is 5.80. The van der Waals surface area contributed by atoms with E-state index in [9.17, 15) is 9.59 Å². The number of carbonyl (C=O) groups is 2. The summed E-state index contributed by atoms with van der Waals surface area (Å²) in [4.78, 5) is 27.2. The third kappa shape index (κ3) is 5.75. The first-order chi connectivity index (χ1) is 14.6. The van der Waals surface area contributed by atoms with Gasteiger partial charge in [0, 0.05) is 19.5 Å². The first-order valence-electron chi connectivity index (χ1n) is 10.6. The van der Waals surface area contributed by atoms with Crippen molar-refractivity contribution in [2.45, 2.75) is 39.2 Å². The van der Waals surface area contributed by atoms with E-state index in [2.05, 4.69) is 5.32 Å². The van der Waals surface area contributed by atoms with Crippen molar-refractivity contribution in [3.8, 4) is 11.5 Å². The molecule has 1 heterocycles. The maximum Gasteiger partial charge on any atom is 0.242 e. The second kappa shape index (κ2) is 10.7. The molecule has 0 aliphatic carbocycles. The number of hydrogen-bond acceptors (Lipinski definition) is 4. The maximum absolute atomic E-state index is 13.1. The maximum atomic E-state index is 13.1. The van der Waals surface area contributed by atoms with Crippen LogP contribution in [0.4, 0.5) is 0 Å². The van der Waals surface area contributed by atoms with Gasteiger partial charge in [-0.15, -0.1) is 0 Å². The van der Waals surface area contributed by atoms with Gasteiger partial charge in [-0.2, -0.15) is 0 Å². The monoisotopic (exact) mass is 410 g/mol. The number of likely N-dealkylation sites (N-methyl/N-ethyl adjacent to an activating group) is 1. The van der Waals surface area contributed by atoms with Crippen molar-refractivity contribution in [3.05, 3.63) is 59.7 Å². The van der Waals surface area contributed by atoms with Crippen molar-refractivity contribution < 1.29 is 19.1 Å². The van der Waals surface area contributed by atoms with Crippen LogP contribution >= 0.6 is 0 Å². The first-order valence-corrected chi connectivity index (χ1v) is 10.6. The number of fused-ring (bicyclic) bond motifs is 1. The number of aryl methyl sites for hydroxylation is 1. The van der Waals surface area contributed by atoms with Crippen LogP contribution in [-0.4, -0.2) is 49.1 Å². The van der Waals surface area contributed by atoms with Gasteiger partial charge in [0.05, 0.1) is 0 Å². The second-order valence-electron chi connectivity index (χ2n) is 7.37. The zero-order valence-electron chi connectivity index (χ0n) is 17.7. The van der Waals surface area contributed by atoms with E-state index < -0.39 is 6.04 Å². The molecule has 0 saturated carbocycles. The molecular weight excluding hydrogens is 380 g/mol. The number of carbonyl (C=O) groups excluding carboxylic acids is 2. The molecule has 1 atom stereocenters. The summed E-state index contributed by atoms with van der Waals surface area (Å²) in [6, 6.07) is 15.3. The molecule has 0 spiro atoms. The quantitative estimate of drug-likeness (QED) is 0.690. The van der Waals surface area contributed by atoms with Gasteiger partial charge in [0.25, 0.3) is 0 Å². The fraction of sp³-hybridized carbons (Fsp3) is 0.417. The number of amides is 2. The Bertz CT molecular complexity index is 854. The number of ether oxygens (including phenoxy) is 2. The van der Waals surface area contributed by atoms with Gasteiger partial charge >= 0.3 is 0 Å². The van der Waals surface area contributed by atoms with Gasteiger partial charge < -0.3 is 19.7 Å². The molecular formula is C24H30N2O4. The predicted molar refractivity (Wildman–Crippen MR) is 116 cm³/mol. The largest absolute Gasteiger partial charge is 0.486 e. The topological polar surface area (TPSA) is 67.9 Å². The lowest BCUT2D eigenvalue weighted by Crippen LogP contribution is -2.48. The van der Waals surface area contributed by atoms with Crippen molar-refractivity contribution in [2.24, 2.45) is 0 Å². The van der Waals surface area contributed by atoms with E-state index in [1.807, 2.05) is 55.5 Å². The molecule has 2 amide bonds. The molecule has 30 heavy (non-hydrogen) atoms. The van der Waals surface area contributed by atoms with Crippen LogP contribution in [0.3, 0.4) is 0 Å². The molecule has 1 aliphatic rings. The molecule has 3 rings (SSSR count). The SMILES string of the molecule is CCNC(=O)C(C)N(CCc1ccccc1)C(=O)CCc1ccc2c(c1)OCCO2. The average molecular weight is 411 g/mol. The lowest BCUT2D eigenvalue weighted by atomic mass is 10.1. The summed E-state index contributed by atoms with van der Waals surface area (Å²) in [6.07, 6.45) is 1.62. The zero-order valence-corrected chi connectivity index (χ0v) is 17.7. The average Bonchev–Trinajstić information content (AvgIpc) is 2.78. The van der Waals surface area contributed by atoms with Gasteiger partial charge in [-0.05, 0) is 49.9 Å². The third-order valence-corrected chi connectivity index (χ3v) is 5.24. The second-order valence-corrected chi connectivity index (χ2v) is 7.37. The Hall–Kier alpha value is -3.02. The van der Waals surface area contributed by atoms with Gasteiger partial charge in [0.15, 0.2) is 11.5 Å². The molecule has 0 fully saturated rings. The summed E-state index contributed by atoms with van der Waals surface area (Å²) in [7, 11) is 0. The van der Waals surface area contributed by atoms with Gasteiger partial charge in [-0.1, -0.05) is 36.4 Å². The van der Waals surface area contributed by atoms with Crippen molar-refractivity contribution in [3.63, 3.8) is 0 Å². The number of nitrogens with one attached hydrogen (secondary N) is 1. The van der Waals surface area contributed by atoms with Crippen LogP contribution in [0.25, 0.3) is 0 Å². The minimum Gasteiger partial charge on any atom is -0.486 e. The summed E-state index contributed by atoms with van der Waals surface area (Å²) in [5.41, 5.74) is 2.16. The van der Waals surface area contributed by atoms with Crippen LogP contribution < -0.4 is 14.8 Å². The Kier molecular flexibility index (Phi) is 7.71. The minimum absolute atomic E-state index is 0.0282. The Morgan fingerprint density at radius 2 is 1.73 bits per heavy atom. The lowest BCUT2D eigenvalue weighted by molar-refractivity contribution is -0.139. The standard InChI is InChI=1S/C24H30N2O4/c1-3-25-24(28)18(2)26(14-13-19-7-5-4-6-8-19)23(27)12-10-20-9-11-21-22(17-20)30-16-15-29-21/h4-9,11,17-18H,3,10,12-16H2,1-2H3,(H,25,28). The number of nitrogens with zero attached hydrogens (tertiary/aromatic N) is 1. The summed E-state index contributed by atoms with van der Waals surface area (Å²) in [5, 5.41) is 2.82. The fourth-order valence-corrected chi connectivity index (χ4v) is 3.53. The van der Waals surface area contributed by atoms with E-state index in [1.54, 1.807) is 11.8 Å². The molecule has 0 bridgehead atoms. The van der Waals surface area contributed by atoms with E-state index in [0.29, 0.717) is 45.6 Å². The predicted octanol–water partition coefficient (Wildman–Crippen LogP) is 2.99. The van der Waals surface area contributed by atoms with Gasteiger partial charge in [-0.25, -0.2) is 0 Å². The Morgan fingerprint density at radius 1 is 1.00 bits per heavy atom. The van der Waals surface area contributed by atoms with E-state index in [4.69, 9.17) is 9.47 Å². The summed E-state index contributed by atoms with van der Waals surface area (Å²) >= 11 is 0. The molecule has 1 aliphatic heterocycles. The zero-order chi connectivity index (χ0) is 21.3. The Morgan fingerprint density at radius 3 is 2.47 bits per heavy atom. The van der Waals surface area contributed by atoms with Crippen molar-refractivity contribution >= 4 is 11.8 Å². The number of hydrogen-bond donors (Lipinski definition) is 1. The van der Waals surface area contributed by atoms with E-state index in [0.717, 1.165) is 22.6 Å². The molecule has 6 nitrogen and oxygen atoms in total. The third-order valence-electron chi connectivity index (χ3n) is 5.24. The normalized spacial score (nSPS) is 13.4. The van der Waals surface area contributed by atoms with Crippen molar-refractivity contribution in [1.82, 2.24) is 10.2 Å². The molecule has 0 aromatic heterocycles. The lowest BCUT2D eigenvalue weighted by Gasteiger charge is -2.29. The minimum atomic E-state index is -0.513. The van der Waals surface area contributed by atoms with Gasteiger partial charge in [0.2, 0.25) is 11.8 Å². The highest BCUT2D eigenvalue weighted by Crippen LogP contribution is 2.31. The van der Waals surface area contributed by atoms with Crippen LogP contribution in [0.5, 0.6) is 11.5 Å². The molecule has 1 unspecified atom stereocenters. The highest BCUT2D eigenvalue weighted by Gasteiger charge is 2.25. The van der Waals surface area contributed by atoms with Gasteiger partial charge in [0.1, 0.15) is 19.3 Å². The van der Waals surface area contributed by atoms with E-state index >= 15 is 0 Å². The van der Waals surface area contributed by atoms with Crippen LogP contribution in [-0.2, 0) is 22.4 Å². The molecule has 160 valence electrons. The van der Waals surface area contributed by atoms with Crippen LogP contribution in [0.15, 0.2) is 48.5 Å². The molecule has 2 aromatic rings. The smallest absolute Gasteiger partial charge is 0.242 e. The Balaban J connectivity index is 1.65. The van der Waals surface area contributed by atoms with Crippen molar-refractivity contribution in [2.75, 3.05) is 26.3 Å². The molecule has 0 saturated heterocycles. The highest BCUT2D eigenvalue weighted by molar-refractivity contribution is 5.87. The van der Waals surface area contributed by atoms with Crippen LogP contribution in [0, 0.1) is 0 Å². The van der Waals surface area contributed by atoms with Crippen molar-refractivity contribution in [1.29, 1.82) is 0 Å². The molecule has 6 heteroatoms. The Labute approximate surface area is 178 Å². The van der Waals surface area contributed by atoms with E-state index in [1.165, 1.54) is 0 Å². The fourth-order valence-electron chi connectivity index (χ4n) is 3.53. The summed E-state index contributed by atoms with van der Waals surface area (Å²) in [5.74, 6) is 1.31. The highest BCUT2D eigenvalue weighted by atomic mass is 16.6. The van der Waals surface area contributed by atoms with Gasteiger partial charge in [-0.3, -0.25) is 9.59 Å². The molecule has 2 aromatic carbocycles. The number of benzene rings is 2. The van der Waals surface area contributed by atoms with Crippen LogP contribution in [0.2, 0.25) is 0 Å². The van der Waals surface area contributed by atoms with Crippen LogP contribution in [0.1, 0.15) is 31.4 Å².